The van der Waals surface area contributed by atoms with Crippen LogP contribution in [-0.2, 0) is 12.8 Å². The molecule has 3 aromatic carbocycles. The Labute approximate surface area is 158 Å². The zero-order chi connectivity index (χ0) is 18.2. The molecule has 0 aliphatic carbocycles. The maximum Gasteiger partial charge on any atom is 0.0255 e. The van der Waals surface area contributed by atoms with Gasteiger partial charge in [-0.05, 0) is 65.4 Å². The van der Waals surface area contributed by atoms with Gasteiger partial charge in [-0.1, -0.05) is 81.3 Å². The van der Waals surface area contributed by atoms with Gasteiger partial charge in [0.15, 0.2) is 0 Å². The molecule has 0 radical (unpaired) electrons. The minimum atomic E-state index is 1.08. The van der Waals surface area contributed by atoms with Crippen molar-refractivity contribution in [2.24, 2.45) is 0 Å². The highest BCUT2D eigenvalue weighted by Crippen LogP contribution is 2.19. The predicted octanol–water partition coefficient (Wildman–Crippen LogP) is 6.92. The van der Waals surface area contributed by atoms with Gasteiger partial charge in [0.2, 0.25) is 0 Å². The van der Waals surface area contributed by atoms with Gasteiger partial charge in [0.1, 0.15) is 0 Å². The Balaban J connectivity index is 1.74. The molecule has 3 rings (SSSR count). The number of hydrogen-bond donors (Lipinski definition) is 0. The van der Waals surface area contributed by atoms with E-state index in [-0.39, 0.29) is 0 Å². The molecule has 0 heterocycles. The lowest BCUT2D eigenvalue weighted by molar-refractivity contribution is 0.718. The molecular weight excluding hydrogens is 312 g/mol. The molecule has 0 fully saturated rings. The van der Waals surface area contributed by atoms with Crippen LogP contribution in [0.5, 0.6) is 0 Å². The summed E-state index contributed by atoms with van der Waals surface area (Å²) in [5.74, 6) is 6.60. The summed E-state index contributed by atoms with van der Waals surface area (Å²) in [7, 11) is 0. The highest BCUT2D eigenvalue weighted by atomic mass is 14.0. The van der Waals surface area contributed by atoms with E-state index in [4.69, 9.17) is 0 Å². The zero-order valence-corrected chi connectivity index (χ0v) is 16.0. The maximum absolute atomic E-state index is 3.31. The van der Waals surface area contributed by atoms with Crippen molar-refractivity contribution in [1.29, 1.82) is 0 Å². The van der Waals surface area contributed by atoms with Gasteiger partial charge in [-0.25, -0.2) is 0 Å². The Kier molecular flexibility index (Phi) is 6.50. The fraction of sp³-hybridized carbons (Fsp3) is 0.308. The molecule has 26 heavy (non-hydrogen) atoms. The third-order valence-corrected chi connectivity index (χ3v) is 4.82. The second-order valence-corrected chi connectivity index (χ2v) is 7.05. The van der Waals surface area contributed by atoms with Crippen LogP contribution in [0.2, 0.25) is 0 Å². The normalized spacial score (nSPS) is 10.5. The van der Waals surface area contributed by atoms with E-state index in [1.807, 2.05) is 0 Å². The van der Waals surface area contributed by atoms with Crippen LogP contribution in [0.25, 0.3) is 10.8 Å². The fourth-order valence-electron chi connectivity index (χ4n) is 3.30. The number of aryl methyl sites for hydroxylation is 2. The lowest BCUT2D eigenvalue weighted by Crippen LogP contribution is -1.86. The van der Waals surface area contributed by atoms with Gasteiger partial charge in [-0.2, -0.15) is 0 Å². The second kappa shape index (κ2) is 9.25. The lowest BCUT2D eigenvalue weighted by Gasteiger charge is -2.04. The van der Waals surface area contributed by atoms with Crippen LogP contribution in [0.3, 0.4) is 0 Å². The molecule has 0 amide bonds. The van der Waals surface area contributed by atoms with E-state index < -0.39 is 0 Å². The topological polar surface area (TPSA) is 0 Å². The number of fused-ring (bicyclic) bond motifs is 1. The Morgan fingerprint density at radius 2 is 1.23 bits per heavy atom. The summed E-state index contributed by atoms with van der Waals surface area (Å²) in [6.45, 7) is 4.46. The largest absolute Gasteiger partial charge is 0.0654 e. The average molecular weight is 341 g/mol. The molecule has 0 saturated carbocycles. The Morgan fingerprint density at radius 3 is 2.00 bits per heavy atom. The third-order valence-electron chi connectivity index (χ3n) is 4.82. The zero-order valence-electron chi connectivity index (χ0n) is 16.0. The highest BCUT2D eigenvalue weighted by Gasteiger charge is 1.99. The van der Waals surface area contributed by atoms with Crippen LogP contribution in [-0.4, -0.2) is 0 Å². The second-order valence-electron chi connectivity index (χ2n) is 7.05. The summed E-state index contributed by atoms with van der Waals surface area (Å²) in [5, 5.41) is 2.59. The molecule has 0 nitrogen and oxygen atoms in total. The summed E-state index contributed by atoms with van der Waals surface area (Å²) in [4.78, 5) is 0. The lowest BCUT2D eigenvalue weighted by atomic mass is 10.0. The number of rotatable bonds is 6. The monoisotopic (exact) mass is 340 g/mol. The Bertz CT molecular complexity index is 904. The average Bonchev–Trinajstić information content (AvgIpc) is 2.68. The Hall–Kier alpha value is -2.52. The van der Waals surface area contributed by atoms with Crippen molar-refractivity contribution in [3.63, 3.8) is 0 Å². The first-order valence-corrected chi connectivity index (χ1v) is 9.92. The van der Waals surface area contributed by atoms with Gasteiger partial charge in [0, 0.05) is 11.1 Å². The van der Waals surface area contributed by atoms with Gasteiger partial charge in [-0.15, -0.1) is 0 Å². The van der Waals surface area contributed by atoms with Gasteiger partial charge in [0.25, 0.3) is 0 Å². The predicted molar refractivity (Wildman–Crippen MR) is 114 cm³/mol. The van der Waals surface area contributed by atoms with Crippen LogP contribution < -0.4 is 0 Å². The third kappa shape index (κ3) is 4.99. The Morgan fingerprint density at radius 1 is 0.577 bits per heavy atom. The van der Waals surface area contributed by atoms with Crippen LogP contribution in [0, 0.1) is 11.8 Å². The fourth-order valence-corrected chi connectivity index (χ4v) is 3.30. The van der Waals surface area contributed by atoms with Crippen LogP contribution in [0.4, 0.5) is 0 Å². The summed E-state index contributed by atoms with van der Waals surface area (Å²) in [5.41, 5.74) is 4.99. The molecule has 0 unspecified atom stereocenters. The standard InChI is InChI=1S/C26H28/c1-3-5-6-8-23-15-17-26-20-24(16-18-25(26)19-23)14-13-22-11-9-21(7-4-2)10-12-22/h9-12,15-20H,3-8H2,1-2H3. The van der Waals surface area contributed by atoms with Crippen LogP contribution in [0.1, 0.15) is 61.8 Å². The molecule has 0 heteroatoms. The van der Waals surface area contributed by atoms with Gasteiger partial charge in [-0.3, -0.25) is 0 Å². The first-order valence-electron chi connectivity index (χ1n) is 9.92. The molecule has 132 valence electrons. The molecular formula is C26H28. The molecule has 0 saturated heterocycles. The van der Waals surface area contributed by atoms with Crippen molar-refractivity contribution in [3.05, 3.63) is 82.9 Å². The van der Waals surface area contributed by atoms with E-state index in [1.165, 1.54) is 54.0 Å². The highest BCUT2D eigenvalue weighted by molar-refractivity contribution is 5.84. The molecule has 0 aromatic heterocycles. The summed E-state index contributed by atoms with van der Waals surface area (Å²) in [6, 6.07) is 22.0. The number of benzene rings is 3. The smallest absolute Gasteiger partial charge is 0.0255 e. The van der Waals surface area contributed by atoms with Crippen LogP contribution in [0.15, 0.2) is 60.7 Å². The van der Waals surface area contributed by atoms with E-state index in [0.717, 1.165) is 17.5 Å². The summed E-state index contributed by atoms with van der Waals surface area (Å²) >= 11 is 0. The SMILES string of the molecule is CCCCCc1ccc2cc(C#Cc3ccc(CCC)cc3)ccc2c1. The first kappa shape index (κ1) is 18.3. The van der Waals surface area contributed by atoms with Crippen molar-refractivity contribution in [2.45, 2.75) is 52.4 Å². The summed E-state index contributed by atoms with van der Waals surface area (Å²) < 4.78 is 0. The first-order chi connectivity index (χ1) is 12.8. The van der Waals surface area contributed by atoms with Gasteiger partial charge in [0.05, 0.1) is 0 Å². The molecule has 0 spiro atoms. The minimum Gasteiger partial charge on any atom is -0.0654 e. The van der Waals surface area contributed by atoms with Gasteiger partial charge >= 0.3 is 0 Å². The maximum atomic E-state index is 3.31. The van der Waals surface area contributed by atoms with Crippen molar-refractivity contribution >= 4 is 10.8 Å². The molecule has 0 bridgehead atoms. The van der Waals surface area contributed by atoms with Crippen molar-refractivity contribution in [1.82, 2.24) is 0 Å². The summed E-state index contributed by atoms with van der Waals surface area (Å²) in [6.07, 6.45) is 7.37. The molecule has 3 aromatic rings. The van der Waals surface area contributed by atoms with E-state index in [2.05, 4.69) is 86.4 Å². The molecule has 0 aliphatic heterocycles. The molecule has 0 atom stereocenters. The van der Waals surface area contributed by atoms with Gasteiger partial charge < -0.3 is 0 Å². The van der Waals surface area contributed by atoms with E-state index >= 15 is 0 Å². The van der Waals surface area contributed by atoms with Crippen molar-refractivity contribution in [2.75, 3.05) is 0 Å². The van der Waals surface area contributed by atoms with E-state index in [1.54, 1.807) is 0 Å². The molecule has 0 N–H and O–H groups in total. The number of unbranched alkanes of at least 4 members (excludes halogenated alkanes) is 2. The van der Waals surface area contributed by atoms with E-state index in [9.17, 15) is 0 Å². The quantitative estimate of drug-likeness (QED) is 0.337. The van der Waals surface area contributed by atoms with Crippen molar-refractivity contribution < 1.29 is 0 Å². The molecule has 0 aliphatic rings. The van der Waals surface area contributed by atoms with Crippen molar-refractivity contribution in [3.8, 4) is 11.8 Å². The minimum absolute atomic E-state index is 1.08. The number of hydrogen-bond acceptors (Lipinski definition) is 0. The van der Waals surface area contributed by atoms with E-state index in [0.29, 0.717) is 0 Å². The van der Waals surface area contributed by atoms with Crippen LogP contribution >= 0.6 is 0 Å².